The first-order chi connectivity index (χ1) is 14.7. The quantitative estimate of drug-likeness (QED) is 0.403. The lowest BCUT2D eigenvalue weighted by atomic mass is 10.1. The molecule has 9 heteroatoms. The van der Waals surface area contributed by atoms with Gasteiger partial charge in [0.2, 0.25) is 0 Å². The molecular formula is C22H34N4O5. The summed E-state index contributed by atoms with van der Waals surface area (Å²) in [6, 6.07) is 5.33. The van der Waals surface area contributed by atoms with Gasteiger partial charge in [-0.15, -0.1) is 0 Å². The second kappa shape index (κ2) is 10.9. The molecule has 172 valence electrons. The van der Waals surface area contributed by atoms with Crippen LogP contribution in [0, 0.1) is 0 Å². The predicted octanol–water partition coefficient (Wildman–Crippen LogP) is 2.55. The molecule has 1 amide bonds. The summed E-state index contributed by atoms with van der Waals surface area (Å²) in [5.74, 6) is 0.763. The summed E-state index contributed by atoms with van der Waals surface area (Å²) >= 11 is 0. The summed E-state index contributed by atoms with van der Waals surface area (Å²) in [7, 11) is 2.85. The van der Waals surface area contributed by atoms with Gasteiger partial charge in [-0.3, -0.25) is 0 Å². The van der Waals surface area contributed by atoms with Crippen LogP contribution in [0.2, 0.25) is 0 Å². The van der Waals surface area contributed by atoms with Gasteiger partial charge in [-0.25, -0.2) is 14.6 Å². The number of nitrogens with one attached hydrogen (secondary N) is 2. The van der Waals surface area contributed by atoms with Crippen molar-refractivity contribution in [2.24, 2.45) is 4.99 Å². The van der Waals surface area contributed by atoms with Crippen LogP contribution in [0.1, 0.15) is 50.0 Å². The Morgan fingerprint density at radius 2 is 2.00 bits per heavy atom. The van der Waals surface area contributed by atoms with Crippen LogP contribution in [0.3, 0.4) is 0 Å². The maximum absolute atomic E-state index is 12.0. The van der Waals surface area contributed by atoms with E-state index in [1.807, 2.05) is 33.8 Å². The van der Waals surface area contributed by atoms with Crippen molar-refractivity contribution >= 4 is 18.0 Å². The molecule has 0 saturated carbocycles. The van der Waals surface area contributed by atoms with E-state index in [0.717, 1.165) is 31.0 Å². The molecule has 31 heavy (non-hydrogen) atoms. The van der Waals surface area contributed by atoms with E-state index in [1.54, 1.807) is 12.1 Å². The third-order valence-corrected chi connectivity index (χ3v) is 4.62. The number of aliphatic imine (C=N–C) groups is 1. The molecule has 2 N–H and O–H groups in total. The van der Waals surface area contributed by atoms with Gasteiger partial charge in [0.25, 0.3) is 0 Å². The molecule has 0 aliphatic carbocycles. The number of nitrogens with zero attached hydrogens (tertiary/aromatic N) is 2. The van der Waals surface area contributed by atoms with Gasteiger partial charge in [-0.05, 0) is 51.8 Å². The van der Waals surface area contributed by atoms with Crippen molar-refractivity contribution in [3.63, 3.8) is 0 Å². The number of esters is 1. The van der Waals surface area contributed by atoms with Crippen LogP contribution in [-0.4, -0.2) is 68.4 Å². The molecule has 1 saturated heterocycles. The molecule has 0 spiro atoms. The second-order valence-corrected chi connectivity index (χ2v) is 8.27. The van der Waals surface area contributed by atoms with Gasteiger partial charge in [-0.2, -0.15) is 0 Å². The zero-order valence-electron chi connectivity index (χ0n) is 19.3. The number of rotatable bonds is 6. The third kappa shape index (κ3) is 7.34. The Bertz CT molecular complexity index is 804. The van der Waals surface area contributed by atoms with Crippen molar-refractivity contribution in [3.05, 3.63) is 29.3 Å². The Morgan fingerprint density at radius 1 is 1.26 bits per heavy atom. The first-order valence-corrected chi connectivity index (χ1v) is 10.4. The zero-order chi connectivity index (χ0) is 23.0. The normalized spacial score (nSPS) is 16.6. The van der Waals surface area contributed by atoms with E-state index in [0.29, 0.717) is 24.4 Å². The fraction of sp³-hybridized carbons (Fsp3) is 0.591. The summed E-state index contributed by atoms with van der Waals surface area (Å²) < 4.78 is 15.4. The van der Waals surface area contributed by atoms with E-state index in [9.17, 15) is 9.59 Å². The Balaban J connectivity index is 2.06. The fourth-order valence-electron chi connectivity index (χ4n) is 3.26. The number of hydrogen-bond donors (Lipinski definition) is 2. The predicted molar refractivity (Wildman–Crippen MR) is 118 cm³/mol. The Morgan fingerprint density at radius 3 is 2.61 bits per heavy atom. The van der Waals surface area contributed by atoms with E-state index in [2.05, 4.69) is 15.5 Å². The molecule has 1 aliphatic heterocycles. The fourth-order valence-corrected chi connectivity index (χ4v) is 3.26. The van der Waals surface area contributed by atoms with Gasteiger partial charge < -0.3 is 29.7 Å². The number of benzene rings is 1. The molecule has 9 nitrogen and oxygen atoms in total. The number of ether oxygens (including phenoxy) is 3. The van der Waals surface area contributed by atoms with Crippen molar-refractivity contribution < 1.29 is 23.8 Å². The summed E-state index contributed by atoms with van der Waals surface area (Å²) in [6.45, 7) is 10.0. The van der Waals surface area contributed by atoms with Crippen molar-refractivity contribution in [2.75, 3.05) is 33.9 Å². The summed E-state index contributed by atoms with van der Waals surface area (Å²) in [4.78, 5) is 30.9. The molecule has 1 unspecified atom stereocenters. The van der Waals surface area contributed by atoms with Crippen LogP contribution >= 0.6 is 0 Å². The number of amides is 1. The third-order valence-electron chi connectivity index (χ3n) is 4.62. The average Bonchev–Trinajstić information content (AvgIpc) is 3.16. The lowest BCUT2D eigenvalue weighted by Crippen LogP contribution is -2.44. The van der Waals surface area contributed by atoms with Crippen LogP contribution in [0.5, 0.6) is 5.75 Å². The first kappa shape index (κ1) is 24.3. The lowest BCUT2D eigenvalue weighted by molar-refractivity contribution is 0.0506. The largest absolute Gasteiger partial charge is 0.496 e. The average molecular weight is 435 g/mol. The molecule has 1 aromatic rings. The van der Waals surface area contributed by atoms with Crippen LogP contribution in [0.15, 0.2) is 23.2 Å². The number of carbonyl (C=O) groups is 2. The standard InChI is InChI=1S/C22H34N4O5/c1-7-23-20(26-11-10-16(14-26)25-21(28)31-22(2,3)4)24-13-15-8-9-18(29-5)17(12-15)19(27)30-6/h8-9,12,16H,7,10-11,13-14H2,1-6H3,(H,23,24)(H,25,28). The molecule has 1 fully saturated rings. The summed E-state index contributed by atoms with van der Waals surface area (Å²) in [6.07, 6.45) is 0.397. The molecule has 1 atom stereocenters. The highest BCUT2D eigenvalue weighted by Crippen LogP contribution is 2.21. The number of guanidine groups is 1. The van der Waals surface area contributed by atoms with E-state index >= 15 is 0 Å². The van der Waals surface area contributed by atoms with E-state index < -0.39 is 17.7 Å². The summed E-state index contributed by atoms with van der Waals surface area (Å²) in [5, 5.41) is 6.22. The molecule has 1 heterocycles. The minimum Gasteiger partial charge on any atom is -0.496 e. The van der Waals surface area contributed by atoms with Gasteiger partial charge in [0.15, 0.2) is 5.96 Å². The minimum atomic E-state index is -0.528. The van der Waals surface area contributed by atoms with Gasteiger partial charge in [0.05, 0.1) is 26.8 Å². The van der Waals surface area contributed by atoms with Gasteiger partial charge in [0.1, 0.15) is 16.9 Å². The Hall–Kier alpha value is -2.97. The number of carbonyl (C=O) groups excluding carboxylic acids is 2. The highest BCUT2D eigenvalue weighted by Gasteiger charge is 2.28. The maximum Gasteiger partial charge on any atom is 0.407 e. The maximum atomic E-state index is 12.0. The molecular weight excluding hydrogens is 400 g/mol. The Kier molecular flexibility index (Phi) is 8.53. The van der Waals surface area contributed by atoms with Crippen molar-refractivity contribution in [2.45, 2.75) is 52.3 Å². The summed E-state index contributed by atoms with van der Waals surface area (Å²) in [5.41, 5.74) is 0.699. The number of methoxy groups -OCH3 is 2. The van der Waals surface area contributed by atoms with Crippen molar-refractivity contribution in [3.8, 4) is 5.75 Å². The minimum absolute atomic E-state index is 0.00869. The Labute approximate surface area is 184 Å². The van der Waals surface area contributed by atoms with Crippen LogP contribution in [-0.2, 0) is 16.0 Å². The van der Waals surface area contributed by atoms with E-state index in [1.165, 1.54) is 14.2 Å². The van der Waals surface area contributed by atoms with Crippen molar-refractivity contribution in [1.82, 2.24) is 15.5 Å². The smallest absolute Gasteiger partial charge is 0.407 e. The van der Waals surface area contributed by atoms with E-state index in [-0.39, 0.29) is 6.04 Å². The first-order valence-electron chi connectivity index (χ1n) is 10.4. The van der Waals surface area contributed by atoms with Gasteiger partial charge in [-0.1, -0.05) is 6.07 Å². The highest BCUT2D eigenvalue weighted by atomic mass is 16.6. The molecule has 0 bridgehead atoms. The van der Waals surface area contributed by atoms with Crippen LogP contribution in [0.25, 0.3) is 0 Å². The second-order valence-electron chi connectivity index (χ2n) is 8.27. The highest BCUT2D eigenvalue weighted by molar-refractivity contribution is 5.92. The van der Waals surface area contributed by atoms with E-state index in [4.69, 9.17) is 19.2 Å². The number of alkyl carbamates (subject to hydrolysis) is 1. The molecule has 2 rings (SSSR count). The lowest BCUT2D eigenvalue weighted by Gasteiger charge is -2.23. The topological polar surface area (TPSA) is 101 Å². The molecule has 1 aliphatic rings. The van der Waals surface area contributed by atoms with Crippen molar-refractivity contribution in [1.29, 1.82) is 0 Å². The molecule has 1 aromatic carbocycles. The number of hydrogen-bond acceptors (Lipinski definition) is 6. The molecule has 0 aromatic heterocycles. The van der Waals surface area contributed by atoms with Crippen LogP contribution < -0.4 is 15.4 Å². The SMILES string of the molecule is CCNC(=NCc1ccc(OC)c(C(=O)OC)c1)N1CCC(NC(=O)OC(C)(C)C)C1. The molecule has 0 radical (unpaired) electrons. The zero-order valence-corrected chi connectivity index (χ0v) is 19.3. The van der Waals surface area contributed by atoms with Crippen LogP contribution in [0.4, 0.5) is 4.79 Å². The monoisotopic (exact) mass is 434 g/mol. The van der Waals surface area contributed by atoms with Gasteiger partial charge >= 0.3 is 12.1 Å². The number of likely N-dealkylation sites (tertiary alicyclic amines) is 1. The van der Waals surface area contributed by atoms with Gasteiger partial charge in [0, 0.05) is 19.6 Å².